The van der Waals surface area contributed by atoms with Gasteiger partial charge in [0.2, 0.25) is 0 Å². The Labute approximate surface area is 194 Å². The van der Waals surface area contributed by atoms with Gasteiger partial charge in [0.25, 0.3) is 0 Å². The first kappa shape index (κ1) is 22.7. The van der Waals surface area contributed by atoms with Gasteiger partial charge in [0.1, 0.15) is 12.4 Å². The lowest BCUT2D eigenvalue weighted by Crippen LogP contribution is -2.17. The third kappa shape index (κ3) is 4.78. The van der Waals surface area contributed by atoms with Crippen LogP contribution in [0.4, 0.5) is 16.2 Å². The van der Waals surface area contributed by atoms with E-state index in [0.29, 0.717) is 23.1 Å². The number of hydrogen-bond acceptors (Lipinski definition) is 7. The highest BCUT2D eigenvalue weighted by Gasteiger charge is 2.24. The lowest BCUT2D eigenvalue weighted by atomic mass is 9.83. The number of hydrogen-bond donors (Lipinski definition) is 2. The van der Waals surface area contributed by atoms with E-state index in [1.165, 1.54) is 13.0 Å². The summed E-state index contributed by atoms with van der Waals surface area (Å²) in [5.41, 5.74) is 3.91. The van der Waals surface area contributed by atoms with E-state index in [2.05, 4.69) is 5.32 Å². The molecule has 172 valence electrons. The molecule has 0 saturated heterocycles. The van der Waals surface area contributed by atoms with Crippen LogP contribution in [0.3, 0.4) is 0 Å². The molecule has 0 bridgehead atoms. The quantitative estimate of drug-likeness (QED) is 0.323. The van der Waals surface area contributed by atoms with Crippen LogP contribution in [0.2, 0.25) is 0 Å². The van der Waals surface area contributed by atoms with Crippen LogP contribution in [-0.4, -0.2) is 27.7 Å². The van der Waals surface area contributed by atoms with Crippen molar-refractivity contribution < 1.29 is 29.2 Å². The third-order valence-corrected chi connectivity index (χ3v) is 5.46. The number of nitro benzene ring substituents is 1. The second-order valence-electron chi connectivity index (χ2n) is 8.03. The van der Waals surface area contributed by atoms with Gasteiger partial charge in [-0.25, -0.2) is 4.79 Å². The summed E-state index contributed by atoms with van der Waals surface area (Å²) in [5.74, 6) is -0.706. The number of phenolic OH excluding ortho intramolecular Hbond substituents is 1. The van der Waals surface area contributed by atoms with E-state index in [1.54, 1.807) is 18.2 Å². The van der Waals surface area contributed by atoms with Gasteiger partial charge >= 0.3 is 11.8 Å². The van der Waals surface area contributed by atoms with E-state index in [1.807, 2.05) is 18.2 Å². The fraction of sp³-hybridized carbons (Fsp3) is 0.160. The number of benzene rings is 3. The van der Waals surface area contributed by atoms with Gasteiger partial charge in [-0.3, -0.25) is 25.0 Å². The summed E-state index contributed by atoms with van der Waals surface area (Å²) in [6.45, 7) is 1.39. The summed E-state index contributed by atoms with van der Waals surface area (Å²) >= 11 is 0. The molecular formula is C25H20N2O7. The number of phenols is 1. The van der Waals surface area contributed by atoms with E-state index < -0.39 is 22.5 Å². The van der Waals surface area contributed by atoms with Crippen LogP contribution in [-0.2, 0) is 29.0 Å². The van der Waals surface area contributed by atoms with Crippen LogP contribution in [0.1, 0.15) is 45.1 Å². The van der Waals surface area contributed by atoms with Crippen LogP contribution in [0.15, 0.2) is 54.6 Å². The molecule has 1 aliphatic carbocycles. The maximum Gasteiger partial charge on any atom is 0.411 e. The Kier molecular flexibility index (Phi) is 6.09. The van der Waals surface area contributed by atoms with Crippen LogP contribution >= 0.6 is 0 Å². The predicted molar refractivity (Wildman–Crippen MR) is 122 cm³/mol. The molecule has 0 heterocycles. The minimum atomic E-state index is -0.823. The molecule has 0 spiro atoms. The zero-order valence-electron chi connectivity index (χ0n) is 18.2. The number of ether oxygens (including phenoxy) is 1. The smallest absolute Gasteiger partial charge is 0.411 e. The molecule has 1 amide bonds. The van der Waals surface area contributed by atoms with Gasteiger partial charge < -0.3 is 9.84 Å². The van der Waals surface area contributed by atoms with Gasteiger partial charge in [-0.15, -0.1) is 0 Å². The van der Waals surface area contributed by atoms with Gasteiger partial charge in [0.05, 0.1) is 4.92 Å². The number of ketones is 2. The number of amides is 1. The summed E-state index contributed by atoms with van der Waals surface area (Å²) in [6, 6.07) is 14.2. The number of fused-ring (bicyclic) bond motifs is 2. The largest absolute Gasteiger partial charge is 0.502 e. The normalized spacial score (nSPS) is 11.9. The zero-order valence-corrected chi connectivity index (χ0v) is 18.2. The van der Waals surface area contributed by atoms with Crippen molar-refractivity contribution >= 4 is 29.0 Å². The predicted octanol–water partition coefficient (Wildman–Crippen LogP) is 4.32. The molecule has 0 saturated carbocycles. The number of carbonyl (C=O) groups is 3. The van der Waals surface area contributed by atoms with E-state index in [-0.39, 0.29) is 30.3 Å². The lowest BCUT2D eigenvalue weighted by Gasteiger charge is -2.20. The number of nitrogens with zero attached hydrogens (tertiary/aromatic N) is 1. The number of rotatable bonds is 6. The molecule has 0 unspecified atom stereocenters. The van der Waals surface area contributed by atoms with Crippen molar-refractivity contribution in [1.29, 1.82) is 0 Å². The molecule has 0 aliphatic heterocycles. The van der Waals surface area contributed by atoms with Crippen molar-refractivity contribution in [1.82, 2.24) is 0 Å². The van der Waals surface area contributed by atoms with Crippen molar-refractivity contribution in [2.45, 2.75) is 26.4 Å². The molecule has 0 atom stereocenters. The molecule has 0 fully saturated rings. The summed E-state index contributed by atoms with van der Waals surface area (Å²) in [6.07, 6.45) is 0.0295. The molecule has 9 nitrogen and oxygen atoms in total. The molecule has 1 aliphatic rings. The first-order valence-electron chi connectivity index (χ1n) is 10.4. The second kappa shape index (κ2) is 9.14. The van der Waals surface area contributed by atoms with Crippen molar-refractivity contribution in [2.24, 2.45) is 0 Å². The van der Waals surface area contributed by atoms with Crippen molar-refractivity contribution in [3.63, 3.8) is 0 Å². The topological polar surface area (TPSA) is 136 Å². The SMILES string of the molecule is CC(=O)Cc1ccc2c(c1)C(=O)c1cc(COC(=O)Nc3ccc([N+](=O)[O-])c(O)c3)ccc1C2. The highest BCUT2D eigenvalue weighted by molar-refractivity contribution is 6.12. The molecule has 4 rings (SSSR count). The molecular weight excluding hydrogens is 440 g/mol. The summed E-state index contributed by atoms with van der Waals surface area (Å²) in [4.78, 5) is 46.7. The number of Topliss-reactive ketones (excluding diaryl/α,β-unsaturated/α-hetero) is 1. The summed E-state index contributed by atoms with van der Waals surface area (Å²) in [5, 5.41) is 22.8. The Bertz CT molecular complexity index is 1350. The van der Waals surface area contributed by atoms with Gasteiger partial charge in [0.15, 0.2) is 11.5 Å². The average Bonchev–Trinajstić information content (AvgIpc) is 2.78. The number of aromatic hydroxyl groups is 1. The number of nitro groups is 1. The van der Waals surface area contributed by atoms with Crippen molar-refractivity contribution in [3.8, 4) is 5.75 Å². The minimum absolute atomic E-state index is 0.0188. The monoisotopic (exact) mass is 460 g/mol. The number of carbonyl (C=O) groups excluding carboxylic acids is 3. The Morgan fingerprint density at radius 2 is 1.68 bits per heavy atom. The molecule has 3 aromatic rings. The Morgan fingerprint density at radius 3 is 2.29 bits per heavy atom. The van der Waals surface area contributed by atoms with Gasteiger partial charge in [-0.2, -0.15) is 0 Å². The van der Waals surface area contributed by atoms with E-state index >= 15 is 0 Å². The maximum atomic E-state index is 13.1. The summed E-state index contributed by atoms with van der Waals surface area (Å²) < 4.78 is 5.19. The van der Waals surface area contributed by atoms with E-state index in [0.717, 1.165) is 28.8 Å². The second-order valence-corrected chi connectivity index (χ2v) is 8.03. The molecule has 0 aromatic heterocycles. The summed E-state index contributed by atoms with van der Waals surface area (Å²) in [7, 11) is 0. The van der Waals surface area contributed by atoms with Gasteiger partial charge in [-0.05, 0) is 53.8 Å². The Balaban J connectivity index is 1.44. The molecule has 3 aromatic carbocycles. The van der Waals surface area contributed by atoms with E-state index in [9.17, 15) is 29.6 Å². The highest BCUT2D eigenvalue weighted by atomic mass is 16.6. The maximum absolute atomic E-state index is 13.1. The number of anilines is 1. The van der Waals surface area contributed by atoms with Gasteiger partial charge in [0, 0.05) is 35.4 Å². The Morgan fingerprint density at radius 1 is 1.03 bits per heavy atom. The van der Waals surface area contributed by atoms with Gasteiger partial charge in [-0.1, -0.05) is 24.3 Å². The standard InChI is InChI=1S/C25H20N2O7/c1-14(28)8-15-2-4-17-11-18-5-3-16(10-21(18)24(30)20(17)9-15)13-34-25(31)26-19-6-7-22(27(32)33)23(29)12-19/h2-7,9-10,12,29H,8,11,13H2,1H3,(H,26,31). The molecule has 34 heavy (non-hydrogen) atoms. The first-order chi connectivity index (χ1) is 16.2. The van der Waals surface area contributed by atoms with E-state index in [4.69, 9.17) is 4.74 Å². The average molecular weight is 460 g/mol. The lowest BCUT2D eigenvalue weighted by molar-refractivity contribution is -0.385. The molecule has 0 radical (unpaired) electrons. The first-order valence-corrected chi connectivity index (χ1v) is 10.4. The molecule has 2 N–H and O–H groups in total. The van der Waals surface area contributed by atoms with Crippen LogP contribution in [0, 0.1) is 10.1 Å². The zero-order chi connectivity index (χ0) is 24.4. The number of nitrogens with one attached hydrogen (secondary N) is 1. The molecule has 9 heteroatoms. The highest BCUT2D eigenvalue weighted by Crippen LogP contribution is 2.30. The fourth-order valence-electron chi connectivity index (χ4n) is 3.87. The Hall–Kier alpha value is -4.53. The fourth-order valence-corrected chi connectivity index (χ4v) is 3.87. The van der Waals surface area contributed by atoms with Crippen LogP contribution in [0.5, 0.6) is 5.75 Å². The van der Waals surface area contributed by atoms with Crippen LogP contribution < -0.4 is 5.32 Å². The van der Waals surface area contributed by atoms with Crippen LogP contribution in [0.25, 0.3) is 0 Å². The van der Waals surface area contributed by atoms with Crippen molar-refractivity contribution in [2.75, 3.05) is 5.32 Å². The minimum Gasteiger partial charge on any atom is -0.502 e. The van der Waals surface area contributed by atoms with Crippen molar-refractivity contribution in [3.05, 3.63) is 98.1 Å². The third-order valence-electron chi connectivity index (χ3n) is 5.46.